The Morgan fingerprint density at radius 3 is 2.50 bits per heavy atom. The summed E-state index contributed by atoms with van der Waals surface area (Å²) in [6.07, 6.45) is 0.321. The Morgan fingerprint density at radius 1 is 1.12 bits per heavy atom. The van der Waals surface area contributed by atoms with Crippen molar-refractivity contribution in [2.24, 2.45) is 0 Å². The van der Waals surface area contributed by atoms with E-state index in [-0.39, 0.29) is 13.2 Å². The van der Waals surface area contributed by atoms with Gasteiger partial charge in [-0.15, -0.1) is 0 Å². The highest BCUT2D eigenvalue weighted by Crippen LogP contribution is 2.30. The van der Waals surface area contributed by atoms with E-state index in [0.29, 0.717) is 17.1 Å². The van der Waals surface area contributed by atoms with Crippen molar-refractivity contribution in [3.05, 3.63) is 72.3 Å². The number of rotatable bonds is 9. The zero-order valence-electron chi connectivity index (χ0n) is 14.0. The molecule has 0 heterocycles. The Balaban J connectivity index is 2.28. The SMILES string of the molecule is O=C(/C=C/[C@@H](Oc1ccccc1)[C@H](O)c1ccccc1OCCO)NO. The van der Waals surface area contributed by atoms with Gasteiger partial charge in [0.2, 0.25) is 0 Å². The van der Waals surface area contributed by atoms with Crippen molar-refractivity contribution >= 4 is 5.91 Å². The summed E-state index contributed by atoms with van der Waals surface area (Å²) < 4.78 is 11.2. The van der Waals surface area contributed by atoms with Crippen molar-refractivity contribution in [2.75, 3.05) is 13.2 Å². The third-order valence-corrected chi connectivity index (χ3v) is 3.46. The topological polar surface area (TPSA) is 108 Å². The monoisotopic (exact) mass is 359 g/mol. The van der Waals surface area contributed by atoms with Gasteiger partial charge in [0.25, 0.3) is 5.91 Å². The van der Waals surface area contributed by atoms with Gasteiger partial charge in [-0.1, -0.05) is 36.4 Å². The lowest BCUT2D eigenvalue weighted by Crippen LogP contribution is -2.25. The van der Waals surface area contributed by atoms with Gasteiger partial charge < -0.3 is 19.7 Å². The summed E-state index contributed by atoms with van der Waals surface area (Å²) in [4.78, 5) is 11.3. The minimum atomic E-state index is -1.16. The lowest BCUT2D eigenvalue weighted by atomic mass is 10.0. The molecule has 0 aliphatic carbocycles. The molecule has 0 fully saturated rings. The van der Waals surface area contributed by atoms with Crippen molar-refractivity contribution < 1.29 is 29.7 Å². The molecule has 0 aromatic heterocycles. The number of nitrogens with one attached hydrogen (secondary N) is 1. The van der Waals surface area contributed by atoms with E-state index in [9.17, 15) is 9.90 Å². The Kier molecular flexibility index (Phi) is 7.63. The third-order valence-electron chi connectivity index (χ3n) is 3.46. The molecule has 0 aliphatic rings. The largest absolute Gasteiger partial charge is 0.491 e. The van der Waals surface area contributed by atoms with Crippen molar-refractivity contribution in [1.82, 2.24) is 5.48 Å². The van der Waals surface area contributed by atoms with E-state index in [1.54, 1.807) is 48.5 Å². The molecular weight excluding hydrogens is 338 g/mol. The molecule has 0 saturated heterocycles. The highest BCUT2D eigenvalue weighted by Gasteiger charge is 2.24. The van der Waals surface area contributed by atoms with E-state index in [0.717, 1.165) is 6.08 Å². The summed E-state index contributed by atoms with van der Waals surface area (Å²) in [6, 6.07) is 15.6. The highest BCUT2D eigenvalue weighted by molar-refractivity contribution is 5.86. The number of hydroxylamine groups is 1. The van der Waals surface area contributed by atoms with Crippen LogP contribution < -0.4 is 15.0 Å². The van der Waals surface area contributed by atoms with Gasteiger partial charge in [0.15, 0.2) is 0 Å². The summed E-state index contributed by atoms with van der Waals surface area (Å²) in [7, 11) is 0. The van der Waals surface area contributed by atoms with Crippen LogP contribution in [0, 0.1) is 0 Å². The zero-order chi connectivity index (χ0) is 18.8. The van der Waals surface area contributed by atoms with Crippen LogP contribution >= 0.6 is 0 Å². The minimum Gasteiger partial charge on any atom is -0.491 e. The maximum Gasteiger partial charge on any atom is 0.267 e. The summed E-state index contributed by atoms with van der Waals surface area (Å²) in [5, 5.41) is 28.4. The molecule has 7 nitrogen and oxygen atoms in total. The molecule has 138 valence electrons. The van der Waals surface area contributed by atoms with Gasteiger partial charge in [-0.3, -0.25) is 10.0 Å². The van der Waals surface area contributed by atoms with E-state index in [1.807, 2.05) is 6.07 Å². The third kappa shape index (κ3) is 5.59. The summed E-state index contributed by atoms with van der Waals surface area (Å²) in [5.74, 6) is 0.152. The predicted molar refractivity (Wildman–Crippen MR) is 93.9 cm³/mol. The number of benzene rings is 2. The molecule has 0 saturated carbocycles. The lowest BCUT2D eigenvalue weighted by molar-refractivity contribution is -0.124. The van der Waals surface area contributed by atoms with Gasteiger partial charge in [-0.05, 0) is 24.3 Å². The van der Waals surface area contributed by atoms with Gasteiger partial charge in [-0.2, -0.15) is 0 Å². The molecule has 0 unspecified atom stereocenters. The molecule has 2 rings (SSSR count). The van der Waals surface area contributed by atoms with Gasteiger partial charge in [0.05, 0.1) is 6.61 Å². The maximum atomic E-state index is 11.3. The van der Waals surface area contributed by atoms with Crippen LogP contribution in [0.4, 0.5) is 0 Å². The second-order valence-corrected chi connectivity index (χ2v) is 5.29. The first-order valence-corrected chi connectivity index (χ1v) is 8.00. The summed E-state index contributed by atoms with van der Waals surface area (Å²) in [5.41, 5.74) is 1.93. The van der Waals surface area contributed by atoms with Gasteiger partial charge in [0, 0.05) is 11.6 Å². The number of hydrogen-bond donors (Lipinski definition) is 4. The normalized spacial score (nSPS) is 13.2. The van der Waals surface area contributed by atoms with Crippen LogP contribution in [0.1, 0.15) is 11.7 Å². The average Bonchev–Trinajstić information content (AvgIpc) is 2.69. The smallest absolute Gasteiger partial charge is 0.267 e. The molecule has 2 atom stereocenters. The number of carbonyl (C=O) groups is 1. The second-order valence-electron chi connectivity index (χ2n) is 5.29. The fourth-order valence-corrected chi connectivity index (χ4v) is 2.27. The molecule has 7 heteroatoms. The van der Waals surface area contributed by atoms with Crippen molar-refractivity contribution in [3.63, 3.8) is 0 Å². The number of amides is 1. The van der Waals surface area contributed by atoms with E-state index in [2.05, 4.69) is 0 Å². The van der Waals surface area contributed by atoms with Crippen molar-refractivity contribution in [1.29, 1.82) is 0 Å². The number of aliphatic hydroxyl groups excluding tert-OH is 2. The molecule has 2 aromatic carbocycles. The first-order valence-electron chi connectivity index (χ1n) is 8.00. The number of hydrogen-bond acceptors (Lipinski definition) is 6. The van der Waals surface area contributed by atoms with Crippen LogP contribution in [0.5, 0.6) is 11.5 Å². The first kappa shape index (κ1) is 19.5. The molecule has 1 amide bonds. The van der Waals surface area contributed by atoms with Crippen LogP contribution in [0.2, 0.25) is 0 Å². The van der Waals surface area contributed by atoms with E-state index < -0.39 is 18.1 Å². The van der Waals surface area contributed by atoms with Crippen LogP contribution in [-0.4, -0.2) is 40.6 Å². The van der Waals surface area contributed by atoms with E-state index >= 15 is 0 Å². The van der Waals surface area contributed by atoms with Crippen molar-refractivity contribution in [2.45, 2.75) is 12.2 Å². The van der Waals surface area contributed by atoms with Crippen LogP contribution in [-0.2, 0) is 4.79 Å². The number of carbonyl (C=O) groups excluding carboxylic acids is 1. The molecule has 0 spiro atoms. The van der Waals surface area contributed by atoms with Crippen LogP contribution in [0.25, 0.3) is 0 Å². The lowest BCUT2D eigenvalue weighted by Gasteiger charge is -2.23. The Bertz CT molecular complexity index is 719. The standard InChI is InChI=1S/C19H21NO6/c21-12-13-25-16-9-5-4-8-15(16)19(23)17(10-11-18(22)20-24)26-14-6-2-1-3-7-14/h1-11,17,19,21,23-24H,12-13H2,(H,20,22)/b11-10+/t17-,19-/m1/s1. The summed E-state index contributed by atoms with van der Waals surface area (Å²) >= 11 is 0. The predicted octanol–water partition coefficient (Wildman–Crippen LogP) is 1.60. The zero-order valence-corrected chi connectivity index (χ0v) is 14.0. The number of aliphatic hydroxyl groups is 2. The fourth-order valence-electron chi connectivity index (χ4n) is 2.27. The van der Waals surface area contributed by atoms with E-state index in [1.165, 1.54) is 11.6 Å². The van der Waals surface area contributed by atoms with Crippen LogP contribution in [0.3, 0.4) is 0 Å². The number of para-hydroxylation sites is 2. The first-order chi connectivity index (χ1) is 12.7. The highest BCUT2D eigenvalue weighted by atomic mass is 16.5. The molecule has 4 N–H and O–H groups in total. The fraction of sp³-hybridized carbons (Fsp3) is 0.211. The Labute approximate surface area is 151 Å². The molecular formula is C19H21NO6. The Morgan fingerprint density at radius 2 is 1.81 bits per heavy atom. The molecule has 2 aromatic rings. The minimum absolute atomic E-state index is 0.0801. The van der Waals surface area contributed by atoms with Gasteiger partial charge in [0.1, 0.15) is 30.3 Å². The quantitative estimate of drug-likeness (QED) is 0.308. The summed E-state index contributed by atoms with van der Waals surface area (Å²) in [6.45, 7) is -0.0817. The van der Waals surface area contributed by atoms with Crippen LogP contribution in [0.15, 0.2) is 66.7 Å². The number of ether oxygens (including phenoxy) is 2. The van der Waals surface area contributed by atoms with Gasteiger partial charge in [-0.25, -0.2) is 5.48 Å². The molecule has 0 radical (unpaired) electrons. The van der Waals surface area contributed by atoms with E-state index in [4.69, 9.17) is 19.8 Å². The molecule has 26 heavy (non-hydrogen) atoms. The van der Waals surface area contributed by atoms with Crippen molar-refractivity contribution in [3.8, 4) is 11.5 Å². The molecule has 0 bridgehead atoms. The maximum absolute atomic E-state index is 11.3. The second kappa shape index (κ2) is 10.2. The Hall–Kier alpha value is -2.87. The molecule has 0 aliphatic heterocycles. The average molecular weight is 359 g/mol. The van der Waals surface area contributed by atoms with Gasteiger partial charge >= 0.3 is 0 Å².